The van der Waals surface area contributed by atoms with E-state index in [9.17, 15) is 0 Å². The maximum absolute atomic E-state index is 5.52. The van der Waals surface area contributed by atoms with Gasteiger partial charge in [-0.3, -0.25) is 4.57 Å². The van der Waals surface area contributed by atoms with E-state index in [4.69, 9.17) is 9.97 Å². The molecule has 0 saturated carbocycles. The molecule has 0 radical (unpaired) electrons. The summed E-state index contributed by atoms with van der Waals surface area (Å²) in [6.45, 7) is 0. The summed E-state index contributed by atoms with van der Waals surface area (Å²) >= 11 is 1.86. The maximum atomic E-state index is 5.52. The van der Waals surface area contributed by atoms with E-state index in [0.717, 1.165) is 33.2 Å². The van der Waals surface area contributed by atoms with Crippen molar-refractivity contribution in [2.75, 3.05) is 0 Å². The first-order valence-electron chi connectivity index (χ1n) is 19.7. The molecule has 3 aromatic heterocycles. The second-order valence-corrected chi connectivity index (χ2v) is 16.3. The van der Waals surface area contributed by atoms with Gasteiger partial charge in [-0.1, -0.05) is 158 Å². The van der Waals surface area contributed by atoms with Crippen LogP contribution in [-0.4, -0.2) is 14.5 Å². The van der Waals surface area contributed by atoms with Gasteiger partial charge in [-0.15, -0.1) is 11.3 Å². The van der Waals surface area contributed by atoms with Crippen molar-refractivity contribution in [1.82, 2.24) is 14.5 Å². The van der Waals surface area contributed by atoms with Crippen molar-refractivity contribution in [2.45, 2.75) is 0 Å². The standard InChI is InChI=1S/C54H31N3S/c1-2-15-33(16-3-1)51-41-23-10-12-24-46(41)55-54(56-51)57-52-35-17-5-4-14-32(35)26-28-42(52)50-49-39-21-8-6-18-36(39)43(31-45(49)37-19-7-9-22-40(37)53(50)57)34-27-29-48-44(30-34)38-20-11-13-25-47(38)58-48/h1-31H. The van der Waals surface area contributed by atoms with E-state index in [1.807, 2.05) is 11.3 Å². The predicted molar refractivity (Wildman–Crippen MR) is 248 cm³/mol. The van der Waals surface area contributed by atoms with Crippen molar-refractivity contribution in [3.05, 3.63) is 188 Å². The Morgan fingerprint density at radius 2 is 1.03 bits per heavy atom. The molecule has 58 heavy (non-hydrogen) atoms. The van der Waals surface area contributed by atoms with Crippen LogP contribution in [0, 0.1) is 0 Å². The summed E-state index contributed by atoms with van der Waals surface area (Å²) in [7, 11) is 0. The summed E-state index contributed by atoms with van der Waals surface area (Å²) in [6, 6.07) is 68.4. The van der Waals surface area contributed by atoms with Gasteiger partial charge < -0.3 is 0 Å². The molecule has 268 valence electrons. The predicted octanol–water partition coefficient (Wildman–Crippen LogP) is 15.0. The van der Waals surface area contributed by atoms with Crippen LogP contribution >= 0.6 is 11.3 Å². The summed E-state index contributed by atoms with van der Waals surface area (Å²) in [5.74, 6) is 0.663. The van der Waals surface area contributed by atoms with Gasteiger partial charge >= 0.3 is 0 Å². The highest BCUT2D eigenvalue weighted by molar-refractivity contribution is 7.25. The number of thiophene rings is 1. The molecular formula is C54H31N3S. The number of fused-ring (bicyclic) bond motifs is 16. The minimum absolute atomic E-state index is 0.663. The van der Waals surface area contributed by atoms with Gasteiger partial charge in [0.2, 0.25) is 5.95 Å². The first-order valence-corrected chi connectivity index (χ1v) is 20.6. The average Bonchev–Trinajstić information content (AvgIpc) is 3.85. The minimum Gasteiger partial charge on any atom is -0.277 e. The van der Waals surface area contributed by atoms with Crippen molar-refractivity contribution in [1.29, 1.82) is 0 Å². The molecule has 3 heterocycles. The molecule has 13 rings (SSSR count). The molecule has 0 amide bonds. The van der Waals surface area contributed by atoms with Crippen LogP contribution in [0.25, 0.3) is 124 Å². The van der Waals surface area contributed by atoms with Gasteiger partial charge in [0.15, 0.2) is 0 Å². The lowest BCUT2D eigenvalue weighted by Crippen LogP contribution is -2.04. The average molecular weight is 754 g/mol. The summed E-state index contributed by atoms with van der Waals surface area (Å²) < 4.78 is 5.00. The number of nitrogens with zero attached hydrogens (tertiary/aromatic N) is 3. The summed E-state index contributed by atoms with van der Waals surface area (Å²) in [6.07, 6.45) is 0. The number of aromatic nitrogens is 3. The molecule has 0 unspecified atom stereocenters. The molecule has 0 N–H and O–H groups in total. The van der Waals surface area contributed by atoms with Gasteiger partial charge in [0.05, 0.1) is 22.2 Å². The Kier molecular flexibility index (Phi) is 6.60. The van der Waals surface area contributed by atoms with Crippen LogP contribution in [0.2, 0.25) is 0 Å². The zero-order chi connectivity index (χ0) is 37.9. The SMILES string of the molecule is c1ccc(-c2nc(-n3c4c5ccccc5ccc4c4c5c6ccccc6c(-c6ccc7sc8ccccc8c7c6)cc5c5ccccc5c43)nc3ccccc23)cc1. The second kappa shape index (κ2) is 12.1. The highest BCUT2D eigenvalue weighted by Gasteiger charge is 2.25. The van der Waals surface area contributed by atoms with Crippen molar-refractivity contribution < 1.29 is 0 Å². The zero-order valence-corrected chi connectivity index (χ0v) is 32.0. The zero-order valence-electron chi connectivity index (χ0n) is 31.1. The van der Waals surface area contributed by atoms with Crippen LogP contribution < -0.4 is 0 Å². The van der Waals surface area contributed by atoms with E-state index < -0.39 is 0 Å². The third-order valence-electron chi connectivity index (χ3n) is 12.1. The molecule has 0 aliphatic carbocycles. The molecule has 0 spiro atoms. The number of hydrogen-bond donors (Lipinski definition) is 0. The molecule has 0 atom stereocenters. The molecule has 0 fully saturated rings. The fraction of sp³-hybridized carbons (Fsp3) is 0. The molecular weight excluding hydrogens is 723 g/mol. The topological polar surface area (TPSA) is 30.7 Å². The smallest absolute Gasteiger partial charge is 0.235 e. The third kappa shape index (κ3) is 4.43. The van der Waals surface area contributed by atoms with Crippen molar-refractivity contribution in [3.63, 3.8) is 0 Å². The molecule has 0 aliphatic heterocycles. The number of benzene rings is 10. The molecule has 10 aromatic carbocycles. The fourth-order valence-corrected chi connectivity index (χ4v) is 10.7. The van der Waals surface area contributed by atoms with E-state index in [-0.39, 0.29) is 0 Å². The van der Waals surface area contributed by atoms with Gasteiger partial charge in [-0.05, 0) is 68.4 Å². The Morgan fingerprint density at radius 3 is 1.90 bits per heavy atom. The second-order valence-electron chi connectivity index (χ2n) is 15.2. The van der Waals surface area contributed by atoms with Gasteiger partial charge in [0.25, 0.3) is 0 Å². The number of para-hydroxylation sites is 1. The van der Waals surface area contributed by atoms with E-state index in [1.54, 1.807) is 0 Å². The van der Waals surface area contributed by atoms with E-state index in [1.165, 1.54) is 85.2 Å². The van der Waals surface area contributed by atoms with E-state index in [2.05, 4.69) is 193 Å². The Morgan fingerprint density at radius 1 is 0.362 bits per heavy atom. The van der Waals surface area contributed by atoms with Gasteiger partial charge in [-0.25, -0.2) is 9.97 Å². The lowest BCUT2D eigenvalue weighted by Gasteiger charge is -2.16. The monoisotopic (exact) mass is 753 g/mol. The fourth-order valence-electron chi connectivity index (χ4n) is 9.65. The molecule has 0 saturated heterocycles. The van der Waals surface area contributed by atoms with Crippen LogP contribution in [-0.2, 0) is 0 Å². The largest absolute Gasteiger partial charge is 0.277 e. The lowest BCUT2D eigenvalue weighted by atomic mass is 9.88. The number of hydrogen-bond acceptors (Lipinski definition) is 3. The van der Waals surface area contributed by atoms with Crippen molar-refractivity contribution >= 4 is 107 Å². The first-order chi connectivity index (χ1) is 28.8. The summed E-state index contributed by atoms with van der Waals surface area (Å²) in [5, 5.41) is 15.7. The third-order valence-corrected chi connectivity index (χ3v) is 13.3. The lowest BCUT2D eigenvalue weighted by molar-refractivity contribution is 1.02. The van der Waals surface area contributed by atoms with Crippen LogP contribution in [0.5, 0.6) is 0 Å². The van der Waals surface area contributed by atoms with Crippen LogP contribution in [0.3, 0.4) is 0 Å². The molecule has 3 nitrogen and oxygen atoms in total. The normalized spacial score (nSPS) is 12.1. The van der Waals surface area contributed by atoms with Crippen LogP contribution in [0.1, 0.15) is 0 Å². The Bertz CT molecular complexity index is 3860. The Balaban J connectivity index is 1.23. The van der Waals surface area contributed by atoms with Gasteiger partial charge in [0.1, 0.15) is 0 Å². The van der Waals surface area contributed by atoms with E-state index in [0.29, 0.717) is 5.95 Å². The number of rotatable bonds is 3. The molecule has 13 aromatic rings. The molecule has 0 bridgehead atoms. The first kappa shape index (κ1) is 31.8. The van der Waals surface area contributed by atoms with Gasteiger partial charge in [0, 0.05) is 58.1 Å². The van der Waals surface area contributed by atoms with Crippen molar-refractivity contribution in [3.8, 4) is 28.3 Å². The molecule has 4 heteroatoms. The molecule has 0 aliphatic rings. The van der Waals surface area contributed by atoms with Crippen LogP contribution in [0.4, 0.5) is 0 Å². The highest BCUT2D eigenvalue weighted by Crippen LogP contribution is 2.48. The van der Waals surface area contributed by atoms with E-state index >= 15 is 0 Å². The Hall–Kier alpha value is -7.40. The quantitative estimate of drug-likeness (QED) is 0.168. The van der Waals surface area contributed by atoms with Gasteiger partial charge in [-0.2, -0.15) is 0 Å². The summed E-state index contributed by atoms with van der Waals surface area (Å²) in [4.78, 5) is 10.9. The Labute approximate surface area is 336 Å². The minimum atomic E-state index is 0.663. The van der Waals surface area contributed by atoms with Crippen LogP contribution in [0.15, 0.2) is 188 Å². The summed E-state index contributed by atoms with van der Waals surface area (Å²) in [5.41, 5.74) is 7.60. The van der Waals surface area contributed by atoms with Crippen molar-refractivity contribution in [2.24, 2.45) is 0 Å². The maximum Gasteiger partial charge on any atom is 0.235 e. The highest BCUT2D eigenvalue weighted by atomic mass is 32.1.